The van der Waals surface area contributed by atoms with Gasteiger partial charge in [0, 0.05) is 0 Å². The van der Waals surface area contributed by atoms with E-state index in [1.54, 1.807) is 0 Å². The summed E-state index contributed by atoms with van der Waals surface area (Å²) in [6.07, 6.45) is 0. The van der Waals surface area contributed by atoms with E-state index in [0.717, 1.165) is 23.1 Å². The SMILES string of the molecule is Cc1ccc(OCc2nnc(SCC(N)=O)o2)cc1. The normalized spacial score (nSPS) is 10.4. The minimum Gasteiger partial charge on any atom is -0.484 e. The van der Waals surface area contributed by atoms with Gasteiger partial charge in [-0.1, -0.05) is 29.5 Å². The molecule has 6 nitrogen and oxygen atoms in total. The molecule has 0 aliphatic carbocycles. The number of aryl methyl sites for hydroxylation is 1. The molecule has 2 rings (SSSR count). The lowest BCUT2D eigenvalue weighted by atomic mass is 10.2. The number of nitrogens with zero attached hydrogens (tertiary/aromatic N) is 2. The van der Waals surface area contributed by atoms with Crippen molar-refractivity contribution in [2.75, 3.05) is 5.75 Å². The molecule has 0 bridgehead atoms. The minimum absolute atomic E-state index is 0.112. The van der Waals surface area contributed by atoms with Crippen LogP contribution in [0, 0.1) is 6.92 Å². The third kappa shape index (κ3) is 4.29. The molecular weight excluding hydrogens is 266 g/mol. The Balaban J connectivity index is 1.86. The van der Waals surface area contributed by atoms with E-state index in [1.165, 1.54) is 0 Å². The number of hydrogen-bond acceptors (Lipinski definition) is 6. The Hall–Kier alpha value is -2.02. The van der Waals surface area contributed by atoms with E-state index in [2.05, 4.69) is 10.2 Å². The Morgan fingerprint density at radius 2 is 2.11 bits per heavy atom. The standard InChI is InChI=1S/C12H13N3O3S/c1-8-2-4-9(5-3-8)17-6-11-14-15-12(18-11)19-7-10(13)16/h2-5H,6-7H2,1H3,(H2,13,16). The van der Waals surface area contributed by atoms with Crippen molar-refractivity contribution in [2.24, 2.45) is 5.73 Å². The maximum atomic E-state index is 10.6. The molecule has 19 heavy (non-hydrogen) atoms. The zero-order valence-electron chi connectivity index (χ0n) is 10.3. The van der Waals surface area contributed by atoms with Crippen molar-refractivity contribution >= 4 is 17.7 Å². The van der Waals surface area contributed by atoms with Gasteiger partial charge in [0.25, 0.3) is 11.1 Å². The van der Waals surface area contributed by atoms with Gasteiger partial charge < -0.3 is 14.9 Å². The number of hydrogen-bond donors (Lipinski definition) is 1. The Kier molecular flexibility index (Phi) is 4.40. The van der Waals surface area contributed by atoms with Crippen LogP contribution in [-0.2, 0) is 11.4 Å². The van der Waals surface area contributed by atoms with Gasteiger partial charge in [-0.05, 0) is 19.1 Å². The van der Waals surface area contributed by atoms with Crippen molar-refractivity contribution in [3.05, 3.63) is 35.7 Å². The Morgan fingerprint density at radius 3 is 2.79 bits per heavy atom. The van der Waals surface area contributed by atoms with E-state index in [9.17, 15) is 4.79 Å². The van der Waals surface area contributed by atoms with E-state index in [-0.39, 0.29) is 12.4 Å². The Morgan fingerprint density at radius 1 is 1.37 bits per heavy atom. The summed E-state index contributed by atoms with van der Waals surface area (Å²) in [6.45, 7) is 2.19. The molecule has 100 valence electrons. The smallest absolute Gasteiger partial charge is 0.277 e. The lowest BCUT2D eigenvalue weighted by Gasteiger charge is -2.02. The van der Waals surface area contributed by atoms with Crippen LogP contribution >= 0.6 is 11.8 Å². The monoisotopic (exact) mass is 279 g/mol. The van der Waals surface area contributed by atoms with Gasteiger partial charge in [-0.15, -0.1) is 10.2 Å². The van der Waals surface area contributed by atoms with Crippen LogP contribution in [0.1, 0.15) is 11.5 Å². The summed E-state index contributed by atoms with van der Waals surface area (Å²) in [6, 6.07) is 7.65. The molecule has 1 heterocycles. The molecule has 0 aliphatic heterocycles. The zero-order chi connectivity index (χ0) is 13.7. The van der Waals surface area contributed by atoms with E-state index < -0.39 is 5.91 Å². The van der Waals surface area contributed by atoms with Gasteiger partial charge in [0.2, 0.25) is 5.91 Å². The van der Waals surface area contributed by atoms with E-state index >= 15 is 0 Å². The highest BCUT2D eigenvalue weighted by molar-refractivity contribution is 7.99. The fourth-order valence-electron chi connectivity index (χ4n) is 1.27. The predicted molar refractivity (Wildman–Crippen MR) is 69.7 cm³/mol. The van der Waals surface area contributed by atoms with Gasteiger partial charge >= 0.3 is 0 Å². The molecule has 0 spiro atoms. The first-order chi connectivity index (χ1) is 9.13. The second-order valence-electron chi connectivity index (χ2n) is 3.82. The molecule has 0 radical (unpaired) electrons. The van der Waals surface area contributed by atoms with Gasteiger partial charge in [0.1, 0.15) is 5.75 Å². The molecule has 0 saturated carbocycles. The lowest BCUT2D eigenvalue weighted by Crippen LogP contribution is -2.12. The largest absolute Gasteiger partial charge is 0.484 e. The molecule has 0 aliphatic rings. The summed E-state index contributed by atoms with van der Waals surface area (Å²) in [7, 11) is 0. The van der Waals surface area contributed by atoms with Crippen molar-refractivity contribution < 1.29 is 13.9 Å². The highest BCUT2D eigenvalue weighted by atomic mass is 32.2. The number of benzene rings is 1. The van der Waals surface area contributed by atoms with Gasteiger partial charge in [-0.2, -0.15) is 0 Å². The minimum atomic E-state index is -0.430. The number of carbonyl (C=O) groups excluding carboxylic acids is 1. The maximum Gasteiger partial charge on any atom is 0.277 e. The summed E-state index contributed by atoms with van der Waals surface area (Å²) >= 11 is 1.10. The van der Waals surface area contributed by atoms with Crippen LogP contribution in [0.2, 0.25) is 0 Å². The number of carbonyl (C=O) groups is 1. The second kappa shape index (κ2) is 6.24. The molecule has 0 atom stereocenters. The number of rotatable bonds is 6. The van der Waals surface area contributed by atoms with Gasteiger partial charge in [-0.3, -0.25) is 4.79 Å². The average molecular weight is 279 g/mol. The molecule has 0 unspecified atom stereocenters. The number of primary amides is 1. The molecule has 2 aromatic rings. The van der Waals surface area contributed by atoms with E-state index in [0.29, 0.717) is 11.1 Å². The molecule has 1 aromatic heterocycles. The van der Waals surface area contributed by atoms with E-state index in [1.807, 2.05) is 31.2 Å². The Bertz CT molecular complexity index is 554. The summed E-state index contributed by atoms with van der Waals surface area (Å²) in [5.74, 6) is 0.767. The number of ether oxygens (including phenoxy) is 1. The number of amides is 1. The average Bonchev–Trinajstić information content (AvgIpc) is 2.84. The second-order valence-corrected chi connectivity index (χ2v) is 4.75. The Labute approximate surface area is 114 Å². The molecular formula is C12H13N3O3S. The van der Waals surface area contributed by atoms with Crippen LogP contribution in [-0.4, -0.2) is 21.9 Å². The zero-order valence-corrected chi connectivity index (χ0v) is 11.1. The molecule has 1 aromatic carbocycles. The number of thioether (sulfide) groups is 1. The first-order valence-corrected chi connectivity index (χ1v) is 6.55. The summed E-state index contributed by atoms with van der Waals surface area (Å²) in [4.78, 5) is 10.6. The predicted octanol–water partition coefficient (Wildman–Crippen LogP) is 1.53. The molecule has 2 N–H and O–H groups in total. The highest BCUT2D eigenvalue weighted by Crippen LogP contribution is 2.17. The van der Waals surface area contributed by atoms with Crippen molar-refractivity contribution in [2.45, 2.75) is 18.8 Å². The van der Waals surface area contributed by atoms with Crippen LogP contribution < -0.4 is 10.5 Å². The van der Waals surface area contributed by atoms with Crippen LogP contribution in [0.4, 0.5) is 0 Å². The quantitative estimate of drug-likeness (QED) is 0.806. The van der Waals surface area contributed by atoms with Crippen molar-refractivity contribution in [1.82, 2.24) is 10.2 Å². The number of aromatic nitrogens is 2. The topological polar surface area (TPSA) is 91.2 Å². The molecule has 0 saturated heterocycles. The summed E-state index contributed by atoms with van der Waals surface area (Å²) in [5.41, 5.74) is 6.18. The van der Waals surface area contributed by atoms with Gasteiger partial charge in [0.15, 0.2) is 6.61 Å². The first kappa shape index (κ1) is 13.4. The van der Waals surface area contributed by atoms with Crippen molar-refractivity contribution in [1.29, 1.82) is 0 Å². The summed E-state index contributed by atoms with van der Waals surface area (Å²) < 4.78 is 10.8. The molecule has 1 amide bonds. The number of nitrogens with two attached hydrogens (primary N) is 1. The van der Waals surface area contributed by atoms with E-state index in [4.69, 9.17) is 14.9 Å². The molecule has 7 heteroatoms. The fraction of sp³-hybridized carbons (Fsp3) is 0.250. The van der Waals surface area contributed by atoms with Crippen LogP contribution in [0.3, 0.4) is 0 Å². The van der Waals surface area contributed by atoms with Gasteiger partial charge in [-0.25, -0.2) is 0 Å². The van der Waals surface area contributed by atoms with Crippen LogP contribution in [0.15, 0.2) is 33.9 Å². The fourth-order valence-corrected chi connectivity index (χ4v) is 1.79. The lowest BCUT2D eigenvalue weighted by molar-refractivity contribution is -0.115. The highest BCUT2D eigenvalue weighted by Gasteiger charge is 2.08. The van der Waals surface area contributed by atoms with Crippen LogP contribution in [0.5, 0.6) is 5.75 Å². The van der Waals surface area contributed by atoms with Crippen molar-refractivity contribution in [3.63, 3.8) is 0 Å². The van der Waals surface area contributed by atoms with Crippen LogP contribution in [0.25, 0.3) is 0 Å². The molecule has 0 fully saturated rings. The maximum absolute atomic E-state index is 10.6. The van der Waals surface area contributed by atoms with Gasteiger partial charge in [0.05, 0.1) is 5.75 Å². The third-order valence-corrected chi connectivity index (χ3v) is 3.01. The first-order valence-electron chi connectivity index (χ1n) is 5.56. The third-order valence-electron chi connectivity index (χ3n) is 2.17. The summed E-state index contributed by atoms with van der Waals surface area (Å²) in [5, 5.41) is 7.89. The van der Waals surface area contributed by atoms with Crippen molar-refractivity contribution in [3.8, 4) is 5.75 Å².